The molecule has 0 unspecified atom stereocenters. The first-order chi connectivity index (χ1) is 13.8. The zero-order valence-electron chi connectivity index (χ0n) is 18.6. The first kappa shape index (κ1) is 24.1. The lowest BCUT2D eigenvalue weighted by atomic mass is 9.83. The lowest BCUT2D eigenvalue weighted by Gasteiger charge is -2.26. The minimum Gasteiger partial charge on any atom is -0.393 e. The van der Waals surface area contributed by atoms with E-state index in [4.69, 9.17) is 0 Å². The van der Waals surface area contributed by atoms with Crippen molar-refractivity contribution in [3.63, 3.8) is 0 Å². The summed E-state index contributed by atoms with van der Waals surface area (Å²) in [5, 5.41) is 21.2. The molecule has 1 fully saturated rings. The fourth-order valence-corrected chi connectivity index (χ4v) is 5.13. The summed E-state index contributed by atoms with van der Waals surface area (Å²) in [4.78, 5) is 25.5. The fourth-order valence-electron chi connectivity index (χ4n) is 5.13. The summed E-state index contributed by atoms with van der Waals surface area (Å²) < 4.78 is 0. The standard InChI is InChI=1S/C24H41NO4/c1-4-5-6-7-11-19(26)16-22(28)24-20-14-17(13-18(20)15-21(24)27)10-8-9-12-23(29)25(2)3/h13,18,20-22,24,27-28H,4-12,14-16H2,1-3H3/t18-,20-,21+,22-,24+/m0/s1. The Morgan fingerprint density at radius 3 is 2.55 bits per heavy atom. The van der Waals surface area contributed by atoms with Crippen LogP contribution < -0.4 is 0 Å². The van der Waals surface area contributed by atoms with E-state index in [0.717, 1.165) is 51.4 Å². The van der Waals surface area contributed by atoms with E-state index in [1.165, 1.54) is 5.57 Å². The molecule has 5 nitrogen and oxygen atoms in total. The van der Waals surface area contributed by atoms with Crippen LogP contribution >= 0.6 is 0 Å². The third-order valence-corrected chi connectivity index (χ3v) is 6.78. The first-order valence-corrected chi connectivity index (χ1v) is 11.6. The molecule has 0 aromatic carbocycles. The van der Waals surface area contributed by atoms with Crippen molar-refractivity contribution in [1.82, 2.24) is 4.90 Å². The number of hydrogen-bond donors (Lipinski definition) is 2. The third kappa shape index (κ3) is 7.21. The Morgan fingerprint density at radius 2 is 1.86 bits per heavy atom. The van der Waals surface area contributed by atoms with Gasteiger partial charge in [-0.3, -0.25) is 9.59 Å². The van der Waals surface area contributed by atoms with Crippen LogP contribution in [0.1, 0.15) is 84.0 Å². The van der Waals surface area contributed by atoms with E-state index in [1.807, 2.05) is 0 Å². The summed E-state index contributed by atoms with van der Waals surface area (Å²) in [6.45, 7) is 2.15. The Bertz CT molecular complexity index is 571. The molecule has 5 atom stereocenters. The van der Waals surface area contributed by atoms with Gasteiger partial charge >= 0.3 is 0 Å². The number of amides is 1. The number of carbonyl (C=O) groups excluding carboxylic acids is 2. The van der Waals surface area contributed by atoms with Crippen molar-refractivity contribution in [2.24, 2.45) is 17.8 Å². The van der Waals surface area contributed by atoms with Crippen LogP contribution in [0.5, 0.6) is 0 Å². The van der Waals surface area contributed by atoms with Crippen LogP contribution in [-0.2, 0) is 9.59 Å². The van der Waals surface area contributed by atoms with Crippen LogP contribution in [-0.4, -0.2) is 53.1 Å². The zero-order chi connectivity index (χ0) is 21.4. The number of hydrogen-bond acceptors (Lipinski definition) is 4. The Hall–Kier alpha value is -1.20. The van der Waals surface area contributed by atoms with Crippen molar-refractivity contribution >= 4 is 11.7 Å². The summed E-state index contributed by atoms with van der Waals surface area (Å²) in [7, 11) is 3.57. The molecule has 0 spiro atoms. The van der Waals surface area contributed by atoms with Gasteiger partial charge in [0.2, 0.25) is 5.91 Å². The number of unbranched alkanes of at least 4 members (excludes halogenated alkanes) is 4. The van der Waals surface area contributed by atoms with E-state index < -0.39 is 12.2 Å². The Balaban J connectivity index is 1.76. The summed E-state index contributed by atoms with van der Waals surface area (Å²) in [5.41, 5.74) is 1.40. The van der Waals surface area contributed by atoms with Gasteiger partial charge in [0.1, 0.15) is 5.78 Å². The second-order valence-corrected chi connectivity index (χ2v) is 9.35. The summed E-state index contributed by atoms with van der Waals surface area (Å²) in [5.74, 6) is 0.687. The van der Waals surface area contributed by atoms with E-state index in [9.17, 15) is 19.8 Å². The molecule has 0 heterocycles. The fraction of sp³-hybridized carbons (Fsp3) is 0.833. The average molecular weight is 408 g/mol. The predicted octanol–water partition coefficient (Wildman–Crippen LogP) is 3.87. The van der Waals surface area contributed by atoms with Crippen molar-refractivity contribution in [2.45, 2.75) is 96.2 Å². The van der Waals surface area contributed by atoms with Gasteiger partial charge in [-0.25, -0.2) is 0 Å². The van der Waals surface area contributed by atoms with Crippen molar-refractivity contribution in [3.05, 3.63) is 11.6 Å². The van der Waals surface area contributed by atoms with E-state index in [0.29, 0.717) is 25.2 Å². The van der Waals surface area contributed by atoms with Gasteiger partial charge in [0.05, 0.1) is 12.2 Å². The highest BCUT2D eigenvalue weighted by atomic mass is 16.3. The number of ketones is 1. The Kier molecular flexibility index (Phi) is 9.84. The average Bonchev–Trinajstić information content (AvgIpc) is 3.17. The Labute approximate surface area is 176 Å². The highest BCUT2D eigenvalue weighted by Gasteiger charge is 2.47. The molecule has 2 aliphatic carbocycles. The maximum absolute atomic E-state index is 12.2. The second kappa shape index (κ2) is 11.8. The number of aliphatic hydroxyl groups excluding tert-OH is 2. The van der Waals surface area contributed by atoms with Crippen LogP contribution in [0, 0.1) is 17.8 Å². The molecule has 5 heteroatoms. The van der Waals surface area contributed by atoms with E-state index in [-0.39, 0.29) is 29.9 Å². The molecule has 29 heavy (non-hydrogen) atoms. The smallest absolute Gasteiger partial charge is 0.222 e. The maximum atomic E-state index is 12.2. The van der Waals surface area contributed by atoms with E-state index in [2.05, 4.69) is 13.0 Å². The molecule has 2 N–H and O–H groups in total. The van der Waals surface area contributed by atoms with Gasteiger partial charge in [-0.2, -0.15) is 0 Å². The maximum Gasteiger partial charge on any atom is 0.222 e. The van der Waals surface area contributed by atoms with Crippen LogP contribution in [0.3, 0.4) is 0 Å². The predicted molar refractivity (Wildman–Crippen MR) is 115 cm³/mol. The SMILES string of the molecule is CCCCCCC(=O)C[C@H](O)[C@@H]1[C@H]2CC(CCCCC(=O)N(C)C)=C[C@H]2C[C@H]1O. The van der Waals surface area contributed by atoms with Gasteiger partial charge in [-0.15, -0.1) is 0 Å². The minimum atomic E-state index is -0.732. The van der Waals surface area contributed by atoms with Gasteiger partial charge in [-0.05, 0) is 50.4 Å². The monoisotopic (exact) mass is 407 g/mol. The van der Waals surface area contributed by atoms with Crippen molar-refractivity contribution in [3.8, 4) is 0 Å². The molecular formula is C24H41NO4. The normalized spacial score (nSPS) is 26.9. The molecule has 0 saturated heterocycles. The van der Waals surface area contributed by atoms with Gasteiger partial charge in [0.25, 0.3) is 0 Å². The number of aliphatic hydroxyl groups is 2. The number of allylic oxidation sites excluding steroid dienone is 2. The zero-order valence-corrected chi connectivity index (χ0v) is 18.6. The van der Waals surface area contributed by atoms with Gasteiger partial charge in [0, 0.05) is 39.3 Å². The summed E-state index contributed by atoms with van der Waals surface area (Å²) in [6, 6.07) is 0. The molecular weight excluding hydrogens is 366 g/mol. The largest absolute Gasteiger partial charge is 0.393 e. The molecule has 0 aromatic rings. The van der Waals surface area contributed by atoms with Crippen LogP contribution in [0.4, 0.5) is 0 Å². The highest BCUT2D eigenvalue weighted by molar-refractivity contribution is 5.78. The number of nitrogens with zero attached hydrogens (tertiary/aromatic N) is 1. The van der Waals surface area contributed by atoms with Crippen molar-refractivity contribution < 1.29 is 19.8 Å². The molecule has 2 rings (SSSR count). The molecule has 1 saturated carbocycles. The lowest BCUT2D eigenvalue weighted by molar-refractivity contribution is -0.128. The molecule has 0 radical (unpaired) electrons. The number of rotatable bonds is 13. The number of Topliss-reactive ketones (excluding diaryl/α,β-unsaturated/α-hetero) is 1. The highest BCUT2D eigenvalue weighted by Crippen LogP contribution is 2.49. The van der Waals surface area contributed by atoms with E-state index >= 15 is 0 Å². The molecule has 2 aliphatic rings. The molecule has 1 amide bonds. The van der Waals surface area contributed by atoms with Crippen molar-refractivity contribution in [2.75, 3.05) is 14.1 Å². The molecule has 0 aliphatic heterocycles. The first-order valence-electron chi connectivity index (χ1n) is 11.6. The third-order valence-electron chi connectivity index (χ3n) is 6.78. The summed E-state index contributed by atoms with van der Waals surface area (Å²) >= 11 is 0. The molecule has 0 bridgehead atoms. The Morgan fingerprint density at radius 1 is 1.14 bits per heavy atom. The molecule has 0 aromatic heterocycles. The van der Waals surface area contributed by atoms with Crippen LogP contribution in [0.2, 0.25) is 0 Å². The van der Waals surface area contributed by atoms with Gasteiger partial charge in [-0.1, -0.05) is 37.8 Å². The number of fused-ring (bicyclic) bond motifs is 1. The van der Waals surface area contributed by atoms with Gasteiger partial charge < -0.3 is 15.1 Å². The van der Waals surface area contributed by atoms with Crippen LogP contribution in [0.15, 0.2) is 11.6 Å². The van der Waals surface area contributed by atoms with Crippen molar-refractivity contribution in [1.29, 1.82) is 0 Å². The van der Waals surface area contributed by atoms with Crippen LogP contribution in [0.25, 0.3) is 0 Å². The minimum absolute atomic E-state index is 0.126. The van der Waals surface area contributed by atoms with Gasteiger partial charge in [0.15, 0.2) is 0 Å². The molecule has 166 valence electrons. The van der Waals surface area contributed by atoms with E-state index in [1.54, 1.807) is 19.0 Å². The number of carbonyl (C=O) groups is 2. The lowest BCUT2D eigenvalue weighted by Crippen LogP contribution is -2.33. The second-order valence-electron chi connectivity index (χ2n) is 9.35. The quantitative estimate of drug-likeness (QED) is 0.359. The topological polar surface area (TPSA) is 77.8 Å². The summed E-state index contributed by atoms with van der Waals surface area (Å²) in [6.07, 6.45) is 11.1.